The van der Waals surface area contributed by atoms with Crippen LogP contribution in [0.25, 0.3) is 11.1 Å². The fourth-order valence-electron chi connectivity index (χ4n) is 4.18. The van der Waals surface area contributed by atoms with Crippen LogP contribution >= 0.6 is 11.6 Å². The average molecular weight is 553 g/mol. The van der Waals surface area contributed by atoms with E-state index in [1.165, 1.54) is 12.1 Å². The number of allylic oxidation sites excluding steroid dienone is 1. The lowest BCUT2D eigenvalue weighted by atomic mass is 9.96. The van der Waals surface area contributed by atoms with Gasteiger partial charge in [0.15, 0.2) is 0 Å². The predicted octanol–water partition coefficient (Wildman–Crippen LogP) is 8.48. The molecule has 0 bridgehead atoms. The molecule has 0 N–H and O–H groups in total. The molecule has 9 heteroatoms. The first-order chi connectivity index (χ1) is 18.3. The van der Waals surface area contributed by atoms with E-state index in [4.69, 9.17) is 25.8 Å². The van der Waals surface area contributed by atoms with E-state index in [0.717, 1.165) is 37.1 Å². The SMILES string of the molecule is CC/C=C/COC1CCC(c2ccc(-c3cc(F)c(COc4cc(F)c(Cl)c(F)c4)c(F)c3)c(F)c2)OC1. The van der Waals surface area contributed by atoms with Gasteiger partial charge in [-0.2, -0.15) is 0 Å². The quantitative estimate of drug-likeness (QED) is 0.151. The number of benzene rings is 3. The molecule has 4 rings (SSSR count). The highest BCUT2D eigenvalue weighted by Gasteiger charge is 2.24. The molecule has 3 nitrogen and oxygen atoms in total. The smallest absolute Gasteiger partial charge is 0.148 e. The highest BCUT2D eigenvalue weighted by molar-refractivity contribution is 6.30. The van der Waals surface area contributed by atoms with Crippen LogP contribution in [0.1, 0.15) is 43.4 Å². The second-order valence-corrected chi connectivity index (χ2v) is 9.26. The van der Waals surface area contributed by atoms with E-state index in [2.05, 4.69) is 0 Å². The maximum Gasteiger partial charge on any atom is 0.148 e. The normalized spacial score (nSPS) is 17.8. The van der Waals surface area contributed by atoms with Crippen LogP contribution in [-0.4, -0.2) is 19.3 Å². The Kier molecular flexibility index (Phi) is 9.41. The van der Waals surface area contributed by atoms with Crippen molar-refractivity contribution >= 4 is 11.6 Å². The Bertz CT molecular complexity index is 1260. The minimum absolute atomic E-state index is 0.00505. The zero-order valence-electron chi connectivity index (χ0n) is 20.6. The summed E-state index contributed by atoms with van der Waals surface area (Å²) in [4.78, 5) is 0. The molecule has 2 atom stereocenters. The highest BCUT2D eigenvalue weighted by atomic mass is 35.5. The molecule has 0 spiro atoms. The standard InChI is InChI=1S/C29H26ClF5O3/c1-2-3-4-9-36-19-6-8-28(38-15-19)17-5-7-21(23(31)10-17)18-11-24(32)22(25(33)12-18)16-37-20-13-26(34)29(30)27(35)14-20/h3-5,7,10-14,19,28H,2,6,8-9,15-16H2,1H3/b4-3+. The molecule has 202 valence electrons. The molecule has 1 aliphatic rings. The zero-order valence-corrected chi connectivity index (χ0v) is 21.3. The van der Waals surface area contributed by atoms with Crippen molar-refractivity contribution in [2.75, 3.05) is 13.2 Å². The maximum absolute atomic E-state index is 15.0. The Balaban J connectivity index is 1.42. The molecule has 0 aromatic heterocycles. The van der Waals surface area contributed by atoms with Gasteiger partial charge in [-0.25, -0.2) is 22.0 Å². The third-order valence-corrected chi connectivity index (χ3v) is 6.58. The van der Waals surface area contributed by atoms with Crippen molar-refractivity contribution in [3.05, 3.63) is 99.9 Å². The molecule has 1 heterocycles. The monoisotopic (exact) mass is 552 g/mol. The zero-order chi connectivity index (χ0) is 27.2. The van der Waals surface area contributed by atoms with Crippen LogP contribution in [0.2, 0.25) is 5.02 Å². The van der Waals surface area contributed by atoms with E-state index in [1.54, 1.807) is 6.07 Å². The maximum atomic E-state index is 15.0. The van der Waals surface area contributed by atoms with Gasteiger partial charge in [0.1, 0.15) is 46.5 Å². The fraction of sp³-hybridized carbons (Fsp3) is 0.310. The molecule has 0 saturated carbocycles. The van der Waals surface area contributed by atoms with Crippen LogP contribution < -0.4 is 4.74 Å². The molecule has 38 heavy (non-hydrogen) atoms. The summed E-state index contributed by atoms with van der Waals surface area (Å²) in [6.07, 6.45) is 6.03. The van der Waals surface area contributed by atoms with Gasteiger partial charge in [0, 0.05) is 17.7 Å². The third-order valence-electron chi connectivity index (χ3n) is 6.22. The molecule has 3 aromatic carbocycles. The molecule has 1 saturated heterocycles. The lowest BCUT2D eigenvalue weighted by Crippen LogP contribution is -2.27. The van der Waals surface area contributed by atoms with Crippen molar-refractivity contribution in [1.82, 2.24) is 0 Å². The first-order valence-corrected chi connectivity index (χ1v) is 12.6. The summed E-state index contributed by atoms with van der Waals surface area (Å²) in [5.74, 6) is -5.05. The highest BCUT2D eigenvalue weighted by Crippen LogP contribution is 2.34. The van der Waals surface area contributed by atoms with E-state index < -0.39 is 46.3 Å². The topological polar surface area (TPSA) is 27.7 Å². The summed E-state index contributed by atoms with van der Waals surface area (Å²) < 4.78 is 88.4. The third kappa shape index (κ3) is 6.73. The Morgan fingerprint density at radius 1 is 0.895 bits per heavy atom. The van der Waals surface area contributed by atoms with Crippen LogP contribution in [0, 0.1) is 29.1 Å². The van der Waals surface area contributed by atoms with Gasteiger partial charge >= 0.3 is 0 Å². The van der Waals surface area contributed by atoms with E-state index in [9.17, 15) is 17.6 Å². The second kappa shape index (κ2) is 12.7. The predicted molar refractivity (Wildman–Crippen MR) is 135 cm³/mol. The Hall–Kier alpha value is -2.94. The molecule has 0 radical (unpaired) electrons. The molecule has 2 unspecified atom stereocenters. The van der Waals surface area contributed by atoms with Gasteiger partial charge in [-0.3, -0.25) is 0 Å². The average Bonchev–Trinajstić information content (AvgIpc) is 2.89. The van der Waals surface area contributed by atoms with Gasteiger partial charge in [0.25, 0.3) is 0 Å². The van der Waals surface area contributed by atoms with E-state index in [0.29, 0.717) is 25.2 Å². The number of rotatable bonds is 9. The van der Waals surface area contributed by atoms with Gasteiger partial charge in [-0.15, -0.1) is 0 Å². The lowest BCUT2D eigenvalue weighted by molar-refractivity contribution is -0.0807. The van der Waals surface area contributed by atoms with Gasteiger partial charge < -0.3 is 14.2 Å². The summed E-state index contributed by atoms with van der Waals surface area (Å²) in [5.41, 5.74) is 0.165. The van der Waals surface area contributed by atoms with Crippen molar-refractivity contribution in [1.29, 1.82) is 0 Å². The van der Waals surface area contributed by atoms with Crippen LogP contribution in [0.5, 0.6) is 5.75 Å². The number of halogens is 6. The van der Waals surface area contributed by atoms with E-state index in [1.807, 2.05) is 19.1 Å². The fourth-order valence-corrected chi connectivity index (χ4v) is 4.29. The first kappa shape index (κ1) is 28.1. The first-order valence-electron chi connectivity index (χ1n) is 12.2. The molecule has 1 aliphatic heterocycles. The van der Waals surface area contributed by atoms with Crippen molar-refractivity contribution in [2.24, 2.45) is 0 Å². The Morgan fingerprint density at radius 2 is 1.61 bits per heavy atom. The van der Waals surface area contributed by atoms with E-state index >= 15 is 4.39 Å². The Morgan fingerprint density at radius 3 is 2.21 bits per heavy atom. The molecular weight excluding hydrogens is 527 g/mol. The van der Waals surface area contributed by atoms with Crippen LogP contribution in [-0.2, 0) is 16.1 Å². The molecule has 0 aliphatic carbocycles. The number of hydrogen-bond donors (Lipinski definition) is 0. The Labute approximate surface area is 222 Å². The molecule has 3 aromatic rings. The summed E-state index contributed by atoms with van der Waals surface area (Å²) in [7, 11) is 0. The number of ether oxygens (including phenoxy) is 3. The summed E-state index contributed by atoms with van der Waals surface area (Å²) >= 11 is 5.42. The van der Waals surface area contributed by atoms with Gasteiger partial charge in [-0.1, -0.05) is 42.8 Å². The lowest BCUT2D eigenvalue weighted by Gasteiger charge is -2.29. The van der Waals surface area contributed by atoms with Crippen LogP contribution in [0.3, 0.4) is 0 Å². The largest absolute Gasteiger partial charge is 0.488 e. The second-order valence-electron chi connectivity index (χ2n) is 8.88. The van der Waals surface area contributed by atoms with Crippen molar-refractivity contribution in [2.45, 2.75) is 45.0 Å². The van der Waals surface area contributed by atoms with Gasteiger partial charge in [0.2, 0.25) is 0 Å². The minimum atomic E-state index is -1.07. The van der Waals surface area contributed by atoms with Crippen LogP contribution in [0.4, 0.5) is 22.0 Å². The number of hydrogen-bond acceptors (Lipinski definition) is 3. The summed E-state index contributed by atoms with van der Waals surface area (Å²) in [5, 5.41) is -0.712. The van der Waals surface area contributed by atoms with Crippen LogP contribution in [0.15, 0.2) is 54.6 Å². The van der Waals surface area contributed by atoms with Gasteiger partial charge in [-0.05, 0) is 48.6 Å². The van der Waals surface area contributed by atoms with Crippen molar-refractivity contribution in [3.63, 3.8) is 0 Å². The molecule has 0 amide bonds. The van der Waals surface area contributed by atoms with Gasteiger partial charge in [0.05, 0.1) is 31.0 Å². The van der Waals surface area contributed by atoms with Crippen molar-refractivity contribution < 1.29 is 36.2 Å². The van der Waals surface area contributed by atoms with Crippen molar-refractivity contribution in [3.8, 4) is 16.9 Å². The summed E-state index contributed by atoms with van der Waals surface area (Å²) in [6.45, 7) is 2.32. The molecular formula is C29H26ClF5O3. The summed E-state index contributed by atoms with van der Waals surface area (Å²) in [6, 6.07) is 8.01. The minimum Gasteiger partial charge on any atom is -0.488 e. The van der Waals surface area contributed by atoms with E-state index in [-0.39, 0.29) is 29.1 Å². The molecule has 1 fully saturated rings.